The van der Waals surface area contributed by atoms with E-state index in [0.29, 0.717) is 17.3 Å². The summed E-state index contributed by atoms with van der Waals surface area (Å²) < 4.78 is 6.12. The number of aliphatic hydroxyl groups is 1. The van der Waals surface area contributed by atoms with Crippen molar-refractivity contribution >= 4 is 5.97 Å². The van der Waals surface area contributed by atoms with Crippen molar-refractivity contribution in [1.82, 2.24) is 0 Å². The van der Waals surface area contributed by atoms with Crippen molar-refractivity contribution < 1.29 is 14.6 Å². The maximum atomic E-state index is 12.9. The van der Waals surface area contributed by atoms with Crippen LogP contribution in [0.1, 0.15) is 104 Å². The van der Waals surface area contributed by atoms with Gasteiger partial charge in [0, 0.05) is 0 Å². The predicted molar refractivity (Wildman–Crippen MR) is 105 cm³/mol. The second kappa shape index (κ2) is 9.08. The normalized spacial score (nSPS) is 28.4. The third-order valence-electron chi connectivity index (χ3n) is 7.51. The predicted octanol–water partition coefficient (Wildman–Crippen LogP) is 5.64. The summed E-state index contributed by atoms with van der Waals surface area (Å²) in [4.78, 5) is 12.9. The second-order valence-electron chi connectivity index (χ2n) is 10.1. The van der Waals surface area contributed by atoms with Crippen LogP contribution in [0.15, 0.2) is 0 Å². The van der Waals surface area contributed by atoms with E-state index in [0.717, 1.165) is 51.4 Å². The SMILES string of the molecule is CC1(C)CCC(C(=O)O[C@H](C2CCCCC2)[C@H](O)C2CCCCC2)CC1. The Bertz CT molecular complexity index is 436. The Morgan fingerprint density at radius 3 is 1.88 bits per heavy atom. The highest BCUT2D eigenvalue weighted by atomic mass is 16.6. The lowest BCUT2D eigenvalue weighted by molar-refractivity contribution is -0.171. The molecule has 26 heavy (non-hydrogen) atoms. The first-order valence-corrected chi connectivity index (χ1v) is 11.3. The summed E-state index contributed by atoms with van der Waals surface area (Å²) in [6.45, 7) is 4.60. The molecule has 0 bridgehead atoms. The zero-order valence-electron chi connectivity index (χ0n) is 17.0. The molecule has 3 aliphatic carbocycles. The molecule has 0 spiro atoms. The summed E-state index contributed by atoms with van der Waals surface area (Å²) in [6, 6.07) is 0. The Balaban J connectivity index is 1.63. The molecule has 3 heteroatoms. The molecule has 3 rings (SSSR count). The van der Waals surface area contributed by atoms with Gasteiger partial charge in [-0.1, -0.05) is 52.4 Å². The van der Waals surface area contributed by atoms with Crippen molar-refractivity contribution in [3.63, 3.8) is 0 Å². The Morgan fingerprint density at radius 1 is 0.846 bits per heavy atom. The van der Waals surface area contributed by atoms with Crippen LogP contribution >= 0.6 is 0 Å². The van der Waals surface area contributed by atoms with Crippen LogP contribution in [-0.2, 0) is 9.53 Å². The van der Waals surface area contributed by atoms with Crippen molar-refractivity contribution in [3.8, 4) is 0 Å². The van der Waals surface area contributed by atoms with Gasteiger partial charge in [-0.05, 0) is 68.6 Å². The second-order valence-corrected chi connectivity index (χ2v) is 10.1. The molecule has 3 fully saturated rings. The van der Waals surface area contributed by atoms with E-state index >= 15 is 0 Å². The average molecular weight is 365 g/mol. The van der Waals surface area contributed by atoms with Gasteiger partial charge in [-0.25, -0.2) is 0 Å². The van der Waals surface area contributed by atoms with E-state index in [1.807, 2.05) is 0 Å². The lowest BCUT2D eigenvalue weighted by atomic mass is 9.73. The molecule has 0 aromatic rings. The van der Waals surface area contributed by atoms with Gasteiger partial charge in [-0.3, -0.25) is 4.79 Å². The van der Waals surface area contributed by atoms with Gasteiger partial charge in [0.15, 0.2) is 0 Å². The highest BCUT2D eigenvalue weighted by molar-refractivity contribution is 5.72. The average Bonchev–Trinajstić information content (AvgIpc) is 2.66. The molecule has 0 aromatic carbocycles. The fourth-order valence-electron chi connectivity index (χ4n) is 5.52. The molecule has 0 amide bonds. The zero-order chi connectivity index (χ0) is 18.6. The molecule has 0 unspecified atom stereocenters. The van der Waals surface area contributed by atoms with E-state index in [1.165, 1.54) is 38.5 Å². The van der Waals surface area contributed by atoms with Crippen molar-refractivity contribution in [2.75, 3.05) is 0 Å². The number of carbonyl (C=O) groups excluding carboxylic acids is 1. The number of aliphatic hydroxyl groups excluding tert-OH is 1. The molecule has 1 N–H and O–H groups in total. The number of hydrogen-bond acceptors (Lipinski definition) is 3. The summed E-state index contributed by atoms with van der Waals surface area (Å²) in [6.07, 6.45) is 15.2. The lowest BCUT2D eigenvalue weighted by Gasteiger charge is -2.39. The Morgan fingerprint density at radius 2 is 1.35 bits per heavy atom. The molecule has 0 aromatic heterocycles. The summed E-state index contributed by atoms with van der Waals surface area (Å²) in [5.74, 6) is 0.719. The minimum Gasteiger partial charge on any atom is -0.459 e. The number of rotatable bonds is 5. The topological polar surface area (TPSA) is 46.5 Å². The lowest BCUT2D eigenvalue weighted by Crippen LogP contribution is -2.44. The van der Waals surface area contributed by atoms with Crippen LogP contribution in [0, 0.1) is 23.2 Å². The number of ether oxygens (including phenoxy) is 1. The molecule has 150 valence electrons. The van der Waals surface area contributed by atoms with Crippen LogP contribution in [0.2, 0.25) is 0 Å². The molecule has 0 saturated heterocycles. The molecule has 0 radical (unpaired) electrons. The fraction of sp³-hybridized carbons (Fsp3) is 0.957. The van der Waals surface area contributed by atoms with E-state index in [1.54, 1.807) is 0 Å². The van der Waals surface area contributed by atoms with Gasteiger partial charge in [0.25, 0.3) is 0 Å². The Kier molecular flexibility index (Phi) is 7.05. The van der Waals surface area contributed by atoms with Crippen LogP contribution in [0.3, 0.4) is 0 Å². The molecular weight excluding hydrogens is 324 g/mol. The quantitative estimate of drug-likeness (QED) is 0.643. The first-order chi connectivity index (χ1) is 12.5. The van der Waals surface area contributed by atoms with E-state index in [4.69, 9.17) is 4.74 Å². The summed E-state index contributed by atoms with van der Waals surface area (Å²) in [5.41, 5.74) is 0.362. The monoisotopic (exact) mass is 364 g/mol. The van der Waals surface area contributed by atoms with Crippen LogP contribution in [0.25, 0.3) is 0 Å². The van der Waals surface area contributed by atoms with Crippen molar-refractivity contribution in [2.24, 2.45) is 23.2 Å². The fourth-order valence-corrected chi connectivity index (χ4v) is 5.52. The first-order valence-electron chi connectivity index (χ1n) is 11.3. The highest BCUT2D eigenvalue weighted by Crippen LogP contribution is 2.40. The first kappa shape index (κ1) is 20.2. The van der Waals surface area contributed by atoms with Crippen molar-refractivity contribution in [1.29, 1.82) is 0 Å². The highest BCUT2D eigenvalue weighted by Gasteiger charge is 2.39. The van der Waals surface area contributed by atoms with Crippen molar-refractivity contribution in [2.45, 2.75) is 116 Å². The smallest absolute Gasteiger partial charge is 0.309 e. The summed E-state index contributed by atoms with van der Waals surface area (Å²) in [7, 11) is 0. The van der Waals surface area contributed by atoms with Gasteiger partial charge < -0.3 is 9.84 Å². The minimum atomic E-state index is -0.456. The van der Waals surface area contributed by atoms with Gasteiger partial charge in [-0.2, -0.15) is 0 Å². The number of carbonyl (C=O) groups is 1. The zero-order valence-corrected chi connectivity index (χ0v) is 17.0. The van der Waals surface area contributed by atoms with Crippen LogP contribution in [0.4, 0.5) is 0 Å². The van der Waals surface area contributed by atoms with Gasteiger partial charge >= 0.3 is 5.97 Å². The van der Waals surface area contributed by atoms with Crippen LogP contribution in [0.5, 0.6) is 0 Å². The third-order valence-corrected chi connectivity index (χ3v) is 7.51. The maximum absolute atomic E-state index is 12.9. The maximum Gasteiger partial charge on any atom is 0.309 e. The molecule has 3 saturated carbocycles. The van der Waals surface area contributed by atoms with Gasteiger partial charge in [-0.15, -0.1) is 0 Å². The summed E-state index contributed by atoms with van der Waals surface area (Å²) >= 11 is 0. The van der Waals surface area contributed by atoms with E-state index < -0.39 is 6.10 Å². The number of esters is 1. The standard InChI is InChI=1S/C23H40O3/c1-23(2)15-13-19(14-16-23)22(25)26-21(18-11-7-4-8-12-18)20(24)17-9-5-3-6-10-17/h17-21,24H,3-16H2,1-2H3/t20-,21-/m1/s1. The molecule has 0 heterocycles. The third kappa shape index (κ3) is 5.24. The molecule has 2 atom stereocenters. The van der Waals surface area contributed by atoms with Gasteiger partial charge in [0.2, 0.25) is 0 Å². The number of hydrogen-bond donors (Lipinski definition) is 1. The van der Waals surface area contributed by atoms with Crippen molar-refractivity contribution in [3.05, 3.63) is 0 Å². The Hall–Kier alpha value is -0.570. The van der Waals surface area contributed by atoms with Crippen LogP contribution < -0.4 is 0 Å². The van der Waals surface area contributed by atoms with Crippen LogP contribution in [-0.4, -0.2) is 23.3 Å². The largest absolute Gasteiger partial charge is 0.459 e. The molecular formula is C23H40O3. The van der Waals surface area contributed by atoms with Gasteiger partial charge in [0.1, 0.15) is 6.10 Å². The Labute approximate surface area is 160 Å². The molecule has 0 aliphatic heterocycles. The van der Waals surface area contributed by atoms with E-state index in [9.17, 15) is 9.90 Å². The summed E-state index contributed by atoms with van der Waals surface area (Å²) in [5, 5.41) is 11.1. The molecule has 3 nitrogen and oxygen atoms in total. The van der Waals surface area contributed by atoms with Gasteiger partial charge in [0.05, 0.1) is 12.0 Å². The minimum absolute atomic E-state index is 0.0223. The van der Waals surface area contributed by atoms with E-state index in [-0.39, 0.29) is 18.0 Å². The van der Waals surface area contributed by atoms with E-state index in [2.05, 4.69) is 13.8 Å². The molecule has 3 aliphatic rings.